The molecule has 0 saturated heterocycles. The van der Waals surface area contributed by atoms with Crippen molar-refractivity contribution in [2.45, 2.75) is 19.9 Å². The number of rotatable bonds is 4. The van der Waals surface area contributed by atoms with Crippen molar-refractivity contribution in [1.82, 2.24) is 10.3 Å². The van der Waals surface area contributed by atoms with Crippen molar-refractivity contribution in [3.63, 3.8) is 0 Å². The second-order valence-electron chi connectivity index (χ2n) is 4.21. The summed E-state index contributed by atoms with van der Waals surface area (Å²) in [6, 6.07) is 0.121. The van der Waals surface area contributed by atoms with E-state index in [2.05, 4.69) is 15.0 Å². The van der Waals surface area contributed by atoms with Crippen molar-refractivity contribution in [3.8, 4) is 0 Å². The summed E-state index contributed by atoms with van der Waals surface area (Å²) in [6.45, 7) is 3.49. The number of halogens is 2. The van der Waals surface area contributed by atoms with Gasteiger partial charge in [0, 0.05) is 0 Å². The number of pyridine rings is 1. The van der Waals surface area contributed by atoms with Crippen LogP contribution in [0.15, 0.2) is 12.3 Å². The van der Waals surface area contributed by atoms with Crippen LogP contribution in [0, 0.1) is 11.7 Å². The topological polar surface area (TPSA) is 68.3 Å². The Morgan fingerprint density at radius 3 is 2.63 bits per heavy atom. The molecule has 0 aliphatic heterocycles. The lowest BCUT2D eigenvalue weighted by atomic mass is 10.0. The van der Waals surface area contributed by atoms with Gasteiger partial charge in [-0.3, -0.25) is 4.79 Å². The van der Waals surface area contributed by atoms with Gasteiger partial charge >= 0.3 is 5.97 Å². The summed E-state index contributed by atoms with van der Waals surface area (Å²) >= 11 is 5.71. The van der Waals surface area contributed by atoms with Gasteiger partial charge in [0.25, 0.3) is 5.91 Å². The van der Waals surface area contributed by atoms with Gasteiger partial charge < -0.3 is 10.1 Å². The molecular formula is C12H14ClFN2O3. The van der Waals surface area contributed by atoms with E-state index in [1.807, 2.05) is 0 Å². The lowest BCUT2D eigenvalue weighted by Gasteiger charge is -2.19. The Labute approximate surface area is 115 Å². The number of hydrogen-bond donors (Lipinski definition) is 1. The fourth-order valence-corrected chi connectivity index (χ4v) is 1.61. The number of carbonyl (C=O) groups excluding carboxylic acids is 2. The number of aromatic nitrogens is 1. The predicted molar refractivity (Wildman–Crippen MR) is 67.3 cm³/mol. The first kappa shape index (κ1) is 15.4. The number of nitrogens with one attached hydrogen (secondary N) is 1. The summed E-state index contributed by atoms with van der Waals surface area (Å²) < 4.78 is 17.6. The fraction of sp³-hybridized carbons (Fsp3) is 0.417. The Bertz CT molecular complexity index is 494. The number of amides is 1. The SMILES string of the molecule is COC(=O)[C@@H](NC(=O)c1cc(F)cnc1Cl)C(C)C. The summed E-state index contributed by atoms with van der Waals surface area (Å²) in [5.41, 5.74) is -0.129. The van der Waals surface area contributed by atoms with Crippen molar-refractivity contribution >= 4 is 23.5 Å². The predicted octanol–water partition coefficient (Wildman–Crippen LogP) is 1.80. The molecule has 7 heteroatoms. The molecule has 1 N–H and O–H groups in total. The minimum atomic E-state index is -0.836. The smallest absolute Gasteiger partial charge is 0.328 e. The van der Waals surface area contributed by atoms with Crippen LogP contribution in [0.4, 0.5) is 4.39 Å². The molecule has 0 bridgehead atoms. The maximum atomic E-state index is 13.0. The standard InChI is InChI=1S/C12H14ClFN2O3/c1-6(2)9(12(18)19-3)16-11(17)8-4-7(14)5-15-10(8)13/h4-6,9H,1-3H3,(H,16,17)/t9-/m0/s1. The molecule has 0 aliphatic carbocycles. The fourth-order valence-electron chi connectivity index (χ4n) is 1.43. The van der Waals surface area contributed by atoms with Crippen LogP contribution >= 0.6 is 11.6 Å². The van der Waals surface area contributed by atoms with Crippen LogP contribution in [0.3, 0.4) is 0 Å². The first-order chi connectivity index (χ1) is 8.86. The minimum Gasteiger partial charge on any atom is -0.467 e. The van der Waals surface area contributed by atoms with E-state index in [9.17, 15) is 14.0 Å². The van der Waals surface area contributed by atoms with Crippen molar-refractivity contribution in [3.05, 3.63) is 28.8 Å². The van der Waals surface area contributed by atoms with Gasteiger partial charge in [0.05, 0.1) is 18.9 Å². The summed E-state index contributed by atoms with van der Waals surface area (Å²) in [7, 11) is 1.22. The highest BCUT2D eigenvalue weighted by molar-refractivity contribution is 6.32. The molecule has 104 valence electrons. The van der Waals surface area contributed by atoms with Gasteiger partial charge in [0.15, 0.2) is 0 Å². The molecule has 1 rings (SSSR count). The normalized spacial score (nSPS) is 12.1. The molecule has 1 aromatic heterocycles. The van der Waals surface area contributed by atoms with Gasteiger partial charge in [-0.25, -0.2) is 14.2 Å². The second-order valence-corrected chi connectivity index (χ2v) is 4.57. The summed E-state index contributed by atoms with van der Waals surface area (Å²) in [4.78, 5) is 27.0. The van der Waals surface area contributed by atoms with Crippen molar-refractivity contribution in [2.24, 2.45) is 5.92 Å². The molecule has 0 aliphatic rings. The third-order valence-corrected chi connectivity index (χ3v) is 2.76. The van der Waals surface area contributed by atoms with Gasteiger partial charge in [-0.1, -0.05) is 25.4 Å². The molecule has 1 heterocycles. The zero-order valence-corrected chi connectivity index (χ0v) is 11.5. The molecule has 1 amide bonds. The molecule has 0 radical (unpaired) electrons. The van der Waals surface area contributed by atoms with Crippen molar-refractivity contribution < 1.29 is 18.7 Å². The summed E-state index contributed by atoms with van der Waals surface area (Å²) in [5, 5.41) is 2.31. The number of esters is 1. The number of methoxy groups -OCH3 is 1. The number of hydrogen-bond acceptors (Lipinski definition) is 4. The van der Waals surface area contributed by atoms with Crippen LogP contribution in [-0.2, 0) is 9.53 Å². The number of nitrogens with zero attached hydrogens (tertiary/aromatic N) is 1. The second kappa shape index (κ2) is 6.47. The first-order valence-corrected chi connectivity index (χ1v) is 5.94. The van der Waals surface area contributed by atoms with Crippen LogP contribution in [0.2, 0.25) is 5.15 Å². The maximum Gasteiger partial charge on any atom is 0.328 e. The lowest BCUT2D eigenvalue weighted by Crippen LogP contribution is -2.45. The van der Waals surface area contributed by atoms with E-state index in [0.29, 0.717) is 0 Å². The highest BCUT2D eigenvalue weighted by Crippen LogP contribution is 2.14. The van der Waals surface area contributed by atoms with Crippen molar-refractivity contribution in [2.75, 3.05) is 7.11 Å². The third-order valence-electron chi connectivity index (χ3n) is 2.46. The Balaban J connectivity index is 2.94. The molecular weight excluding hydrogens is 275 g/mol. The number of ether oxygens (including phenoxy) is 1. The van der Waals surface area contributed by atoms with Gasteiger partial charge in [-0.2, -0.15) is 0 Å². The van der Waals surface area contributed by atoms with Crippen LogP contribution in [0.25, 0.3) is 0 Å². The lowest BCUT2D eigenvalue weighted by molar-refractivity contribution is -0.144. The van der Waals surface area contributed by atoms with Crippen molar-refractivity contribution in [1.29, 1.82) is 0 Å². The summed E-state index contributed by atoms with van der Waals surface area (Å²) in [6.07, 6.45) is 0.902. The molecule has 0 aromatic carbocycles. The van der Waals surface area contributed by atoms with E-state index in [0.717, 1.165) is 12.3 Å². The third kappa shape index (κ3) is 3.89. The highest BCUT2D eigenvalue weighted by Gasteiger charge is 2.26. The average molecular weight is 289 g/mol. The highest BCUT2D eigenvalue weighted by atomic mass is 35.5. The quantitative estimate of drug-likeness (QED) is 0.677. The molecule has 5 nitrogen and oxygen atoms in total. The van der Waals surface area contributed by atoms with Gasteiger partial charge in [-0.05, 0) is 12.0 Å². The van der Waals surface area contributed by atoms with E-state index in [1.165, 1.54) is 7.11 Å². The molecule has 0 spiro atoms. The van der Waals surface area contributed by atoms with Crippen LogP contribution in [-0.4, -0.2) is 30.0 Å². The Morgan fingerprint density at radius 1 is 1.47 bits per heavy atom. The van der Waals surface area contributed by atoms with Crippen LogP contribution in [0.1, 0.15) is 24.2 Å². The molecule has 1 aromatic rings. The van der Waals surface area contributed by atoms with Crippen LogP contribution in [0.5, 0.6) is 0 Å². The molecule has 0 unspecified atom stereocenters. The molecule has 0 fully saturated rings. The Hall–Kier alpha value is -1.69. The minimum absolute atomic E-state index is 0.129. The van der Waals surface area contributed by atoms with E-state index in [1.54, 1.807) is 13.8 Å². The largest absolute Gasteiger partial charge is 0.467 e. The number of carbonyl (C=O) groups is 2. The Kier molecular flexibility index (Phi) is 5.23. The Morgan fingerprint density at radius 2 is 2.11 bits per heavy atom. The van der Waals surface area contributed by atoms with Crippen LogP contribution < -0.4 is 5.32 Å². The maximum absolute atomic E-state index is 13.0. The summed E-state index contributed by atoms with van der Waals surface area (Å²) in [5.74, 6) is -2.13. The zero-order valence-electron chi connectivity index (χ0n) is 10.7. The molecule has 1 atom stereocenters. The van der Waals surface area contributed by atoms with Gasteiger partial charge in [0.2, 0.25) is 0 Å². The monoisotopic (exact) mass is 288 g/mol. The van der Waals surface area contributed by atoms with E-state index in [4.69, 9.17) is 11.6 Å². The van der Waals surface area contributed by atoms with Gasteiger partial charge in [0.1, 0.15) is 17.0 Å². The average Bonchev–Trinajstić information content (AvgIpc) is 2.37. The molecule has 0 saturated carbocycles. The van der Waals surface area contributed by atoms with E-state index >= 15 is 0 Å². The van der Waals surface area contributed by atoms with Gasteiger partial charge in [-0.15, -0.1) is 0 Å². The van der Waals surface area contributed by atoms with E-state index < -0.39 is 23.7 Å². The van der Waals surface area contributed by atoms with E-state index in [-0.39, 0.29) is 16.6 Å². The molecule has 19 heavy (non-hydrogen) atoms. The zero-order chi connectivity index (χ0) is 14.6. The first-order valence-electron chi connectivity index (χ1n) is 5.56.